The van der Waals surface area contributed by atoms with Crippen LogP contribution in [0.1, 0.15) is 24.4 Å². The van der Waals surface area contributed by atoms with Gasteiger partial charge in [0, 0.05) is 37.7 Å². The summed E-state index contributed by atoms with van der Waals surface area (Å²) in [7, 11) is 0. The highest BCUT2D eigenvalue weighted by atomic mass is 35.5. The highest BCUT2D eigenvalue weighted by molar-refractivity contribution is 6.30. The van der Waals surface area contributed by atoms with Gasteiger partial charge in [0.25, 0.3) is 0 Å². The Morgan fingerprint density at radius 1 is 1.07 bits per heavy atom. The number of aromatic nitrogens is 4. The average molecular weight is 414 g/mol. The fraction of sp³-hybridized carbons (Fsp3) is 0.350. The van der Waals surface area contributed by atoms with Crippen molar-refractivity contribution >= 4 is 23.4 Å². The fourth-order valence-electron chi connectivity index (χ4n) is 3.96. The summed E-state index contributed by atoms with van der Waals surface area (Å²) in [6.07, 6.45) is 1.26. The monoisotopic (exact) mass is 413 g/mol. The van der Waals surface area contributed by atoms with Crippen LogP contribution in [-0.2, 0) is 6.54 Å². The molecular formula is C20H21ClFN7. The number of nitrogens with one attached hydrogen (secondary N) is 1. The van der Waals surface area contributed by atoms with Crippen molar-refractivity contribution in [3.63, 3.8) is 0 Å². The van der Waals surface area contributed by atoms with E-state index in [0.717, 1.165) is 66.6 Å². The largest absolute Gasteiger partial charge is 0.353 e. The van der Waals surface area contributed by atoms with Gasteiger partial charge < -0.3 is 15.1 Å². The molecule has 1 aromatic carbocycles. The first-order chi connectivity index (χ1) is 14.1. The van der Waals surface area contributed by atoms with E-state index in [0.29, 0.717) is 0 Å². The maximum absolute atomic E-state index is 13.2. The Morgan fingerprint density at radius 2 is 1.86 bits per heavy atom. The molecule has 1 N–H and O–H groups in total. The van der Waals surface area contributed by atoms with Crippen molar-refractivity contribution in [2.24, 2.45) is 0 Å². The fourth-order valence-corrected chi connectivity index (χ4v) is 4.16. The Hall–Kier alpha value is -2.71. The zero-order valence-corrected chi connectivity index (χ0v) is 16.8. The van der Waals surface area contributed by atoms with Crippen molar-refractivity contribution in [3.05, 3.63) is 58.8 Å². The van der Waals surface area contributed by atoms with Crippen LogP contribution in [0.15, 0.2) is 36.5 Å². The number of anilines is 2. The number of halogens is 2. The predicted octanol–water partition coefficient (Wildman–Crippen LogP) is 2.95. The van der Waals surface area contributed by atoms with Gasteiger partial charge in [-0.05, 0) is 42.8 Å². The summed E-state index contributed by atoms with van der Waals surface area (Å²) in [5, 5.41) is 13.2. The van der Waals surface area contributed by atoms with Gasteiger partial charge in [-0.2, -0.15) is 0 Å². The van der Waals surface area contributed by atoms with Crippen LogP contribution in [0.2, 0.25) is 5.02 Å². The molecule has 0 bridgehead atoms. The first-order valence-corrected chi connectivity index (χ1v) is 10.1. The molecule has 29 heavy (non-hydrogen) atoms. The maximum Gasteiger partial charge on any atom is 0.232 e. The Bertz CT molecular complexity index is 1030. The number of hydrogen-bond donors (Lipinski definition) is 1. The zero-order chi connectivity index (χ0) is 20.0. The second kappa shape index (κ2) is 7.27. The average Bonchev–Trinajstić information content (AvgIpc) is 3.12. The molecule has 0 aliphatic carbocycles. The molecule has 4 heterocycles. The molecule has 150 valence electrons. The van der Waals surface area contributed by atoms with E-state index in [9.17, 15) is 4.39 Å². The van der Waals surface area contributed by atoms with Gasteiger partial charge in [-0.1, -0.05) is 11.6 Å². The minimum atomic E-state index is -0.319. The lowest BCUT2D eigenvalue weighted by Gasteiger charge is -2.36. The van der Waals surface area contributed by atoms with Crippen molar-refractivity contribution in [2.45, 2.75) is 19.5 Å². The Balaban J connectivity index is 1.44. The standard InChI is InChI=1S/C20H21ClFN7/c1-13-19-25-26-20(29(19)17-4-2-15(21)10-14(17)11-23-13)28-8-6-27(7-9-28)18-5-3-16(22)12-24-18/h2-5,10,12-13,23H,6-9,11H2,1H3. The van der Waals surface area contributed by atoms with Gasteiger partial charge in [0.2, 0.25) is 5.95 Å². The highest BCUT2D eigenvalue weighted by Gasteiger charge is 2.28. The van der Waals surface area contributed by atoms with Crippen molar-refractivity contribution < 1.29 is 4.39 Å². The van der Waals surface area contributed by atoms with E-state index < -0.39 is 0 Å². The quantitative estimate of drug-likeness (QED) is 0.697. The van der Waals surface area contributed by atoms with Crippen molar-refractivity contribution in [3.8, 4) is 5.69 Å². The molecule has 1 saturated heterocycles. The Morgan fingerprint density at radius 3 is 2.62 bits per heavy atom. The molecular weight excluding hydrogens is 393 g/mol. The molecule has 2 aliphatic rings. The number of pyridine rings is 1. The summed E-state index contributed by atoms with van der Waals surface area (Å²) in [5.74, 6) is 2.21. The number of piperazine rings is 1. The Kier molecular flexibility index (Phi) is 4.60. The summed E-state index contributed by atoms with van der Waals surface area (Å²) in [6.45, 7) is 5.94. The molecule has 2 aromatic heterocycles. The predicted molar refractivity (Wildman–Crippen MR) is 110 cm³/mol. The molecule has 0 saturated carbocycles. The lowest BCUT2D eigenvalue weighted by molar-refractivity contribution is 0.552. The van der Waals surface area contributed by atoms with Crippen LogP contribution in [0.3, 0.4) is 0 Å². The molecule has 1 fully saturated rings. The lowest BCUT2D eigenvalue weighted by Crippen LogP contribution is -2.47. The second-order valence-corrected chi connectivity index (χ2v) is 7.81. The van der Waals surface area contributed by atoms with Crippen LogP contribution in [0.4, 0.5) is 16.2 Å². The summed E-state index contributed by atoms with van der Waals surface area (Å²) in [6, 6.07) is 9.18. The molecule has 7 nitrogen and oxygen atoms in total. The molecule has 3 aromatic rings. The minimum Gasteiger partial charge on any atom is -0.353 e. The SMILES string of the molecule is CC1NCc2cc(Cl)ccc2-n2c1nnc2N1CCN(c2ccc(F)cn2)CC1. The summed E-state index contributed by atoms with van der Waals surface area (Å²) in [4.78, 5) is 8.60. The van der Waals surface area contributed by atoms with E-state index in [1.54, 1.807) is 6.07 Å². The topological polar surface area (TPSA) is 62.1 Å². The summed E-state index contributed by atoms with van der Waals surface area (Å²) < 4.78 is 15.3. The third-order valence-electron chi connectivity index (χ3n) is 5.54. The van der Waals surface area contributed by atoms with Crippen LogP contribution in [0.25, 0.3) is 5.69 Å². The van der Waals surface area contributed by atoms with Gasteiger partial charge >= 0.3 is 0 Å². The molecule has 0 radical (unpaired) electrons. The molecule has 5 rings (SSSR count). The van der Waals surface area contributed by atoms with Gasteiger partial charge in [-0.3, -0.25) is 4.57 Å². The van der Waals surface area contributed by atoms with Crippen LogP contribution in [-0.4, -0.2) is 45.9 Å². The molecule has 0 spiro atoms. The van der Waals surface area contributed by atoms with Crippen molar-refractivity contribution in [1.82, 2.24) is 25.1 Å². The molecule has 9 heteroatoms. The van der Waals surface area contributed by atoms with Crippen molar-refractivity contribution in [2.75, 3.05) is 36.0 Å². The number of hydrogen-bond acceptors (Lipinski definition) is 6. The summed E-state index contributed by atoms with van der Waals surface area (Å²) >= 11 is 6.23. The van der Waals surface area contributed by atoms with Gasteiger partial charge in [0.05, 0.1) is 17.9 Å². The van der Waals surface area contributed by atoms with E-state index in [4.69, 9.17) is 11.6 Å². The third kappa shape index (κ3) is 3.32. The number of rotatable bonds is 2. The minimum absolute atomic E-state index is 0.0760. The smallest absolute Gasteiger partial charge is 0.232 e. The number of fused-ring (bicyclic) bond motifs is 3. The maximum atomic E-state index is 13.2. The van der Waals surface area contributed by atoms with E-state index in [1.165, 1.54) is 12.3 Å². The Labute approximate surface area is 173 Å². The molecule has 0 amide bonds. The van der Waals surface area contributed by atoms with Crippen LogP contribution in [0.5, 0.6) is 0 Å². The molecule has 1 unspecified atom stereocenters. The van der Waals surface area contributed by atoms with E-state index in [1.807, 2.05) is 18.2 Å². The van der Waals surface area contributed by atoms with Gasteiger partial charge in [-0.25, -0.2) is 9.37 Å². The lowest BCUT2D eigenvalue weighted by atomic mass is 10.1. The van der Waals surface area contributed by atoms with Crippen LogP contribution >= 0.6 is 11.6 Å². The normalized spacial score (nSPS) is 18.9. The van der Waals surface area contributed by atoms with Gasteiger partial charge in [-0.15, -0.1) is 10.2 Å². The first-order valence-electron chi connectivity index (χ1n) is 9.69. The van der Waals surface area contributed by atoms with E-state index >= 15 is 0 Å². The van der Waals surface area contributed by atoms with E-state index in [2.05, 4.69) is 41.8 Å². The second-order valence-electron chi connectivity index (χ2n) is 7.38. The zero-order valence-electron chi connectivity index (χ0n) is 16.0. The van der Waals surface area contributed by atoms with E-state index in [-0.39, 0.29) is 11.9 Å². The van der Waals surface area contributed by atoms with Crippen molar-refractivity contribution in [1.29, 1.82) is 0 Å². The summed E-state index contributed by atoms with van der Waals surface area (Å²) in [5.41, 5.74) is 2.18. The highest BCUT2D eigenvalue weighted by Crippen LogP contribution is 2.31. The van der Waals surface area contributed by atoms with Crippen LogP contribution in [0, 0.1) is 5.82 Å². The molecule has 2 aliphatic heterocycles. The number of nitrogens with zero attached hydrogens (tertiary/aromatic N) is 6. The van der Waals surface area contributed by atoms with Gasteiger partial charge in [0.1, 0.15) is 11.6 Å². The first kappa shape index (κ1) is 18.3. The van der Waals surface area contributed by atoms with Gasteiger partial charge in [0.15, 0.2) is 5.82 Å². The molecule has 1 atom stereocenters. The third-order valence-corrected chi connectivity index (χ3v) is 5.77. The number of benzene rings is 1. The van der Waals surface area contributed by atoms with Crippen LogP contribution < -0.4 is 15.1 Å².